The third kappa shape index (κ3) is 6.16. The Labute approximate surface area is 348 Å². The molecule has 0 spiro atoms. The van der Waals surface area contributed by atoms with E-state index in [4.69, 9.17) is 0 Å². The molecule has 0 amide bonds. The van der Waals surface area contributed by atoms with Gasteiger partial charge in [-0.3, -0.25) is 0 Å². The SMILES string of the molecule is Cc1cc(-c2cc(-n3c4ccccc4c4ccc(-c5cccc(C#N)c5)cc43)c(C#N)cc2-n2c3ccccc3c3ccc(-c4cccc(C#N)c4)cc32)cc(C(F)(F)F)c1. The Morgan fingerprint density at radius 1 is 0.426 bits per heavy atom. The first-order valence-electron chi connectivity index (χ1n) is 19.5. The number of rotatable bonds is 5. The lowest BCUT2D eigenvalue weighted by Gasteiger charge is -2.20. The standard InChI is InChI=1S/C53H30F3N5/c1-32-20-39(24-41(21-32)53(54,55)56)46-28-49(60-47-14-4-2-12-42(47)44-18-16-37(25-50(44)60)35-10-6-8-33(22-35)29-57)40(31-59)27-52(46)61-48-15-5-3-13-43(48)45-19-17-38(26-51(45)61)36-11-7-9-34(23-36)30-58/h2-28H,1H3. The Morgan fingerprint density at radius 3 is 1.46 bits per heavy atom. The van der Waals surface area contributed by atoms with E-state index in [0.717, 1.165) is 71.9 Å². The molecule has 10 aromatic rings. The van der Waals surface area contributed by atoms with Crippen LogP contribution in [-0.4, -0.2) is 9.13 Å². The fourth-order valence-electron chi connectivity index (χ4n) is 8.73. The van der Waals surface area contributed by atoms with Crippen LogP contribution in [0.25, 0.3) is 88.4 Å². The molecule has 8 aromatic carbocycles. The number of para-hydroxylation sites is 2. The largest absolute Gasteiger partial charge is 0.416 e. The van der Waals surface area contributed by atoms with Gasteiger partial charge in [0.15, 0.2) is 0 Å². The van der Waals surface area contributed by atoms with Crippen molar-refractivity contribution in [1.29, 1.82) is 15.8 Å². The summed E-state index contributed by atoms with van der Waals surface area (Å²) in [6, 6.07) is 57.2. The van der Waals surface area contributed by atoms with Crippen molar-refractivity contribution in [2.24, 2.45) is 0 Å². The van der Waals surface area contributed by atoms with Gasteiger partial charge in [-0.15, -0.1) is 0 Å². The number of fused-ring (bicyclic) bond motifs is 6. The van der Waals surface area contributed by atoms with E-state index in [9.17, 15) is 29.0 Å². The van der Waals surface area contributed by atoms with Gasteiger partial charge in [0.05, 0.1) is 67.8 Å². The lowest BCUT2D eigenvalue weighted by Crippen LogP contribution is -2.07. The summed E-state index contributed by atoms with van der Waals surface area (Å²) in [6.45, 7) is 1.65. The average molecular weight is 794 g/mol. The second kappa shape index (κ2) is 14.2. The minimum atomic E-state index is -4.61. The molecule has 0 aliphatic heterocycles. The van der Waals surface area contributed by atoms with E-state index in [1.54, 1.807) is 31.2 Å². The molecule has 0 atom stereocenters. The van der Waals surface area contributed by atoms with Crippen LogP contribution in [0.2, 0.25) is 0 Å². The molecule has 2 aromatic heterocycles. The predicted molar refractivity (Wildman–Crippen MR) is 235 cm³/mol. The smallest absolute Gasteiger partial charge is 0.309 e. The second-order valence-corrected chi connectivity index (χ2v) is 15.1. The van der Waals surface area contributed by atoms with E-state index in [1.165, 1.54) is 6.07 Å². The van der Waals surface area contributed by atoms with Gasteiger partial charge in [0.2, 0.25) is 0 Å². The van der Waals surface area contributed by atoms with Crippen molar-refractivity contribution in [3.8, 4) is 63.0 Å². The molecule has 0 saturated heterocycles. The topological polar surface area (TPSA) is 81.2 Å². The quantitative estimate of drug-likeness (QED) is 0.174. The Hall–Kier alpha value is -8.38. The van der Waals surface area contributed by atoms with Crippen molar-refractivity contribution in [1.82, 2.24) is 9.13 Å². The molecule has 0 radical (unpaired) electrons. The Balaban J connectivity index is 1.32. The number of hydrogen-bond acceptors (Lipinski definition) is 3. The van der Waals surface area contributed by atoms with Crippen LogP contribution in [0, 0.1) is 40.9 Å². The highest BCUT2D eigenvalue weighted by Gasteiger charge is 2.32. The third-order valence-electron chi connectivity index (χ3n) is 11.4. The van der Waals surface area contributed by atoms with E-state index in [1.807, 2.05) is 137 Å². The lowest BCUT2D eigenvalue weighted by molar-refractivity contribution is -0.137. The van der Waals surface area contributed by atoms with Crippen LogP contribution >= 0.6 is 0 Å². The number of aryl methyl sites for hydroxylation is 1. The number of benzene rings is 8. The lowest BCUT2D eigenvalue weighted by atomic mass is 9.95. The summed E-state index contributed by atoms with van der Waals surface area (Å²) in [5, 5.41) is 34.2. The maximum Gasteiger partial charge on any atom is 0.416 e. The predicted octanol–water partition coefficient (Wildman–Crippen LogP) is 13.8. The Bertz CT molecular complexity index is 3590. The van der Waals surface area contributed by atoms with Crippen LogP contribution < -0.4 is 0 Å². The number of halogens is 3. The van der Waals surface area contributed by atoms with E-state index < -0.39 is 11.7 Å². The summed E-state index contributed by atoms with van der Waals surface area (Å²) in [5.74, 6) is 0. The molecular weight excluding hydrogens is 764 g/mol. The maximum atomic E-state index is 14.6. The van der Waals surface area contributed by atoms with E-state index >= 15 is 0 Å². The van der Waals surface area contributed by atoms with Gasteiger partial charge in [0.1, 0.15) is 6.07 Å². The molecule has 2 heterocycles. The monoisotopic (exact) mass is 793 g/mol. The van der Waals surface area contributed by atoms with E-state index in [-0.39, 0.29) is 0 Å². The highest BCUT2D eigenvalue weighted by molar-refractivity contribution is 6.12. The van der Waals surface area contributed by atoms with Gasteiger partial charge in [0, 0.05) is 27.1 Å². The zero-order chi connectivity index (χ0) is 42.0. The average Bonchev–Trinajstić information content (AvgIpc) is 3.80. The molecular formula is C53H30F3N5. The van der Waals surface area contributed by atoms with Gasteiger partial charge in [0.25, 0.3) is 0 Å². The van der Waals surface area contributed by atoms with Crippen LogP contribution in [-0.2, 0) is 6.18 Å². The van der Waals surface area contributed by atoms with Gasteiger partial charge in [-0.25, -0.2) is 0 Å². The van der Waals surface area contributed by atoms with Crippen LogP contribution in [0.5, 0.6) is 0 Å². The van der Waals surface area contributed by atoms with Crippen molar-refractivity contribution in [3.05, 3.63) is 192 Å². The Morgan fingerprint density at radius 2 is 0.934 bits per heavy atom. The molecule has 288 valence electrons. The molecule has 61 heavy (non-hydrogen) atoms. The summed E-state index contributed by atoms with van der Waals surface area (Å²) < 4.78 is 47.9. The van der Waals surface area contributed by atoms with Crippen LogP contribution in [0.1, 0.15) is 27.8 Å². The molecule has 5 nitrogen and oxygen atoms in total. The van der Waals surface area contributed by atoms with Gasteiger partial charge in [-0.05, 0) is 113 Å². The first-order chi connectivity index (χ1) is 29.6. The fraction of sp³-hybridized carbons (Fsp3) is 0.0377. The van der Waals surface area contributed by atoms with Gasteiger partial charge in [-0.2, -0.15) is 29.0 Å². The molecule has 0 N–H and O–H groups in total. The van der Waals surface area contributed by atoms with Gasteiger partial charge < -0.3 is 9.13 Å². The van der Waals surface area contributed by atoms with Gasteiger partial charge >= 0.3 is 6.18 Å². The highest BCUT2D eigenvalue weighted by Crippen LogP contribution is 2.43. The van der Waals surface area contributed by atoms with Crippen LogP contribution in [0.4, 0.5) is 13.2 Å². The zero-order valence-electron chi connectivity index (χ0n) is 32.5. The van der Waals surface area contributed by atoms with Crippen LogP contribution in [0.3, 0.4) is 0 Å². The minimum Gasteiger partial charge on any atom is -0.309 e. The van der Waals surface area contributed by atoms with E-state index in [0.29, 0.717) is 44.8 Å². The normalized spacial score (nSPS) is 11.6. The van der Waals surface area contributed by atoms with Crippen molar-refractivity contribution in [3.63, 3.8) is 0 Å². The molecule has 10 rings (SSSR count). The maximum absolute atomic E-state index is 14.6. The Kier molecular flexibility index (Phi) is 8.58. The first kappa shape index (κ1) is 36.9. The summed E-state index contributed by atoms with van der Waals surface area (Å²) in [6.07, 6.45) is -4.61. The second-order valence-electron chi connectivity index (χ2n) is 15.1. The molecule has 0 aliphatic carbocycles. The number of nitrogens with zero attached hydrogens (tertiary/aromatic N) is 5. The van der Waals surface area contributed by atoms with Crippen LogP contribution in [0.15, 0.2) is 164 Å². The molecule has 0 saturated carbocycles. The van der Waals surface area contributed by atoms with Crippen molar-refractivity contribution >= 4 is 43.6 Å². The summed E-state index contributed by atoms with van der Waals surface area (Å²) in [7, 11) is 0. The van der Waals surface area contributed by atoms with E-state index in [2.05, 4.69) is 18.2 Å². The molecule has 0 bridgehead atoms. The summed E-state index contributed by atoms with van der Waals surface area (Å²) >= 11 is 0. The third-order valence-corrected chi connectivity index (χ3v) is 11.4. The fourth-order valence-corrected chi connectivity index (χ4v) is 8.73. The highest BCUT2D eigenvalue weighted by atomic mass is 19.4. The number of alkyl halides is 3. The van der Waals surface area contributed by atoms with Gasteiger partial charge in [-0.1, -0.05) is 91.0 Å². The zero-order valence-corrected chi connectivity index (χ0v) is 32.5. The molecule has 0 unspecified atom stereocenters. The van der Waals surface area contributed by atoms with Crippen molar-refractivity contribution in [2.75, 3.05) is 0 Å². The molecule has 8 heteroatoms. The summed E-state index contributed by atoms with van der Waals surface area (Å²) in [5.41, 5.74) is 9.46. The minimum absolute atomic E-state index is 0.311. The van der Waals surface area contributed by atoms with Crippen molar-refractivity contribution in [2.45, 2.75) is 13.1 Å². The number of aromatic nitrogens is 2. The first-order valence-corrected chi connectivity index (χ1v) is 19.5. The molecule has 0 aliphatic rings. The number of hydrogen-bond donors (Lipinski definition) is 0. The van der Waals surface area contributed by atoms with Crippen molar-refractivity contribution < 1.29 is 13.2 Å². The summed E-state index contributed by atoms with van der Waals surface area (Å²) in [4.78, 5) is 0. The molecule has 0 fully saturated rings. The number of nitriles is 3.